The summed E-state index contributed by atoms with van der Waals surface area (Å²) in [6, 6.07) is 0. The van der Waals surface area contributed by atoms with E-state index in [1.807, 2.05) is 60.2 Å². The average Bonchev–Trinajstić information content (AvgIpc) is 2.80. The van der Waals surface area contributed by atoms with Crippen molar-refractivity contribution in [1.82, 2.24) is 20.4 Å². The maximum atomic E-state index is 12.6. The predicted molar refractivity (Wildman–Crippen MR) is 107 cm³/mol. The molecule has 0 unspecified atom stereocenters. The van der Waals surface area contributed by atoms with Gasteiger partial charge in [-0.15, -0.1) is 0 Å². The minimum absolute atomic E-state index is 0.0210. The van der Waals surface area contributed by atoms with Crippen LogP contribution in [0.15, 0.2) is 0 Å². The van der Waals surface area contributed by atoms with E-state index in [4.69, 9.17) is 4.74 Å². The standard InChI is InChI=1S/C20H36N4O3/c1-9-20(10-2,13-21-18(26)27-19(5,6)7)22-17(25)12-11-16-14(3)23-24(8)15(16)4/h9-13H2,1-8H3,(H,21,26)(H,22,25). The predicted octanol–water partition coefficient (Wildman–Crippen LogP) is 3.17. The molecule has 0 saturated carbocycles. The minimum Gasteiger partial charge on any atom is -0.444 e. The number of rotatable bonds is 8. The first-order valence-corrected chi connectivity index (χ1v) is 9.70. The van der Waals surface area contributed by atoms with Crippen LogP contribution < -0.4 is 10.6 Å². The second-order valence-corrected chi connectivity index (χ2v) is 8.16. The minimum atomic E-state index is -0.548. The zero-order chi connectivity index (χ0) is 20.8. The molecule has 0 spiro atoms. The van der Waals surface area contributed by atoms with E-state index in [1.165, 1.54) is 0 Å². The fraction of sp³-hybridized carbons (Fsp3) is 0.750. The van der Waals surface area contributed by atoms with Gasteiger partial charge in [0.05, 0.1) is 11.2 Å². The van der Waals surface area contributed by atoms with Gasteiger partial charge in [0.15, 0.2) is 0 Å². The van der Waals surface area contributed by atoms with Crippen molar-refractivity contribution in [2.24, 2.45) is 7.05 Å². The maximum absolute atomic E-state index is 12.6. The van der Waals surface area contributed by atoms with Crippen molar-refractivity contribution in [3.63, 3.8) is 0 Å². The number of aryl methyl sites for hydroxylation is 2. The van der Waals surface area contributed by atoms with Gasteiger partial charge in [0.2, 0.25) is 5.91 Å². The lowest BCUT2D eigenvalue weighted by Crippen LogP contribution is -2.55. The quantitative estimate of drug-likeness (QED) is 0.725. The van der Waals surface area contributed by atoms with Crippen LogP contribution in [0.1, 0.15) is 70.8 Å². The summed E-state index contributed by atoms with van der Waals surface area (Å²) in [6.07, 6.45) is 2.01. The van der Waals surface area contributed by atoms with Crippen LogP contribution in [0, 0.1) is 13.8 Å². The number of nitrogens with zero attached hydrogens (tertiary/aromatic N) is 2. The number of aromatic nitrogens is 2. The Morgan fingerprint density at radius 2 is 1.74 bits per heavy atom. The molecule has 1 heterocycles. The number of alkyl carbamates (subject to hydrolysis) is 1. The summed E-state index contributed by atoms with van der Waals surface area (Å²) in [7, 11) is 1.91. The summed E-state index contributed by atoms with van der Waals surface area (Å²) < 4.78 is 7.13. The second kappa shape index (κ2) is 9.24. The van der Waals surface area contributed by atoms with Crippen molar-refractivity contribution < 1.29 is 14.3 Å². The van der Waals surface area contributed by atoms with E-state index in [9.17, 15) is 9.59 Å². The molecule has 27 heavy (non-hydrogen) atoms. The molecule has 0 aliphatic rings. The van der Waals surface area contributed by atoms with Crippen LogP contribution in [0.4, 0.5) is 4.79 Å². The van der Waals surface area contributed by atoms with Crippen molar-refractivity contribution in [2.75, 3.05) is 6.54 Å². The summed E-state index contributed by atoms with van der Waals surface area (Å²) in [5.74, 6) is -0.0210. The first kappa shape index (κ1) is 23.0. The molecular formula is C20H36N4O3. The molecule has 0 aliphatic heterocycles. The van der Waals surface area contributed by atoms with Gasteiger partial charge in [0, 0.05) is 25.7 Å². The molecule has 0 aliphatic carbocycles. The van der Waals surface area contributed by atoms with Gasteiger partial charge >= 0.3 is 6.09 Å². The monoisotopic (exact) mass is 380 g/mol. The van der Waals surface area contributed by atoms with E-state index in [0.717, 1.165) is 29.8 Å². The smallest absolute Gasteiger partial charge is 0.407 e. The highest BCUT2D eigenvalue weighted by Crippen LogP contribution is 2.17. The van der Waals surface area contributed by atoms with Crippen molar-refractivity contribution >= 4 is 12.0 Å². The van der Waals surface area contributed by atoms with E-state index in [0.29, 0.717) is 19.4 Å². The zero-order valence-electron chi connectivity index (χ0n) is 18.2. The van der Waals surface area contributed by atoms with Gasteiger partial charge in [-0.3, -0.25) is 9.48 Å². The van der Waals surface area contributed by atoms with Crippen LogP contribution in [0.3, 0.4) is 0 Å². The molecule has 0 atom stereocenters. The SMILES string of the molecule is CCC(CC)(CNC(=O)OC(C)(C)C)NC(=O)CCc1c(C)nn(C)c1C. The maximum Gasteiger partial charge on any atom is 0.407 e. The number of carbonyl (C=O) groups is 2. The average molecular weight is 381 g/mol. The van der Waals surface area contributed by atoms with Gasteiger partial charge in [-0.2, -0.15) is 5.10 Å². The van der Waals surface area contributed by atoms with Crippen LogP contribution in [-0.2, 0) is 23.0 Å². The highest BCUT2D eigenvalue weighted by atomic mass is 16.6. The normalized spacial score (nSPS) is 12.0. The van der Waals surface area contributed by atoms with Gasteiger partial charge in [-0.1, -0.05) is 13.8 Å². The van der Waals surface area contributed by atoms with Crippen LogP contribution in [-0.4, -0.2) is 39.5 Å². The molecule has 0 bridgehead atoms. The summed E-state index contributed by atoms with van der Waals surface area (Å²) in [6.45, 7) is 13.8. The number of amides is 2. The Labute approximate surface area is 163 Å². The molecule has 7 heteroatoms. The molecule has 154 valence electrons. The lowest BCUT2D eigenvalue weighted by molar-refractivity contribution is -0.123. The third-order valence-electron chi connectivity index (χ3n) is 4.99. The summed E-state index contributed by atoms with van der Waals surface area (Å²) in [5, 5.41) is 10.3. The molecule has 1 aromatic heterocycles. The Hall–Kier alpha value is -2.05. The van der Waals surface area contributed by atoms with E-state index in [2.05, 4.69) is 15.7 Å². The van der Waals surface area contributed by atoms with E-state index < -0.39 is 17.2 Å². The van der Waals surface area contributed by atoms with Gasteiger partial charge in [0.1, 0.15) is 5.60 Å². The Bertz CT molecular complexity index is 655. The van der Waals surface area contributed by atoms with Gasteiger partial charge < -0.3 is 15.4 Å². The Kier molecular flexibility index (Phi) is 7.87. The lowest BCUT2D eigenvalue weighted by atomic mass is 9.92. The Morgan fingerprint density at radius 1 is 1.15 bits per heavy atom. The largest absolute Gasteiger partial charge is 0.444 e. The molecule has 2 amide bonds. The molecule has 0 fully saturated rings. The fourth-order valence-corrected chi connectivity index (χ4v) is 3.05. The van der Waals surface area contributed by atoms with E-state index >= 15 is 0 Å². The first-order chi connectivity index (χ1) is 12.4. The number of hydrogen-bond acceptors (Lipinski definition) is 4. The van der Waals surface area contributed by atoms with Gasteiger partial charge in [-0.25, -0.2) is 4.79 Å². The fourth-order valence-electron chi connectivity index (χ4n) is 3.05. The number of nitrogens with one attached hydrogen (secondary N) is 2. The summed E-state index contributed by atoms with van der Waals surface area (Å²) in [5.41, 5.74) is 2.15. The molecule has 2 N–H and O–H groups in total. The number of ether oxygens (including phenoxy) is 1. The topological polar surface area (TPSA) is 85.2 Å². The third kappa shape index (κ3) is 6.88. The molecule has 0 saturated heterocycles. The molecule has 0 aromatic carbocycles. The van der Waals surface area contributed by atoms with E-state index in [-0.39, 0.29) is 5.91 Å². The Morgan fingerprint density at radius 3 is 2.19 bits per heavy atom. The second-order valence-electron chi connectivity index (χ2n) is 8.16. The van der Waals surface area contributed by atoms with Crippen LogP contribution >= 0.6 is 0 Å². The lowest BCUT2D eigenvalue weighted by Gasteiger charge is -2.33. The number of hydrogen-bond donors (Lipinski definition) is 2. The molecular weight excluding hydrogens is 344 g/mol. The summed E-state index contributed by atoms with van der Waals surface area (Å²) in [4.78, 5) is 24.5. The molecule has 1 aromatic rings. The van der Waals surface area contributed by atoms with Crippen LogP contribution in [0.25, 0.3) is 0 Å². The molecule has 7 nitrogen and oxygen atoms in total. The van der Waals surface area contributed by atoms with Gasteiger partial charge in [-0.05, 0) is 59.4 Å². The number of carbonyl (C=O) groups excluding carboxylic acids is 2. The van der Waals surface area contributed by atoms with E-state index in [1.54, 1.807) is 0 Å². The molecule has 0 radical (unpaired) electrons. The van der Waals surface area contributed by atoms with Crippen molar-refractivity contribution in [3.8, 4) is 0 Å². The van der Waals surface area contributed by atoms with Crippen molar-refractivity contribution in [3.05, 3.63) is 17.0 Å². The van der Waals surface area contributed by atoms with Crippen LogP contribution in [0.5, 0.6) is 0 Å². The van der Waals surface area contributed by atoms with Gasteiger partial charge in [0.25, 0.3) is 0 Å². The third-order valence-corrected chi connectivity index (χ3v) is 4.99. The van der Waals surface area contributed by atoms with Crippen molar-refractivity contribution in [2.45, 2.75) is 85.3 Å². The van der Waals surface area contributed by atoms with Crippen LogP contribution in [0.2, 0.25) is 0 Å². The highest BCUT2D eigenvalue weighted by Gasteiger charge is 2.29. The Balaban J connectivity index is 2.66. The summed E-state index contributed by atoms with van der Waals surface area (Å²) >= 11 is 0. The molecule has 1 rings (SSSR count). The van der Waals surface area contributed by atoms with Crippen molar-refractivity contribution in [1.29, 1.82) is 0 Å². The highest BCUT2D eigenvalue weighted by molar-refractivity contribution is 5.77. The first-order valence-electron chi connectivity index (χ1n) is 9.70. The zero-order valence-corrected chi connectivity index (χ0v) is 18.2.